The van der Waals surface area contributed by atoms with Gasteiger partial charge in [-0.05, 0) is 77.6 Å². The number of amides is 1. The van der Waals surface area contributed by atoms with Gasteiger partial charge in [0.1, 0.15) is 13.2 Å². The number of rotatable bonds is 48. The van der Waals surface area contributed by atoms with Gasteiger partial charge in [0.15, 0.2) is 0 Å². The number of carbonyl (C=O) groups is 1. The third-order valence-corrected chi connectivity index (χ3v) is 12.7. The molecule has 8 nitrogen and oxygen atoms in total. The molecule has 9 heteroatoms. The molecule has 0 saturated heterocycles. The fourth-order valence-corrected chi connectivity index (χ4v) is 8.22. The van der Waals surface area contributed by atoms with Crippen LogP contribution in [0, 0.1) is 0 Å². The van der Waals surface area contributed by atoms with Crippen LogP contribution in [0.15, 0.2) is 85.1 Å². The summed E-state index contributed by atoms with van der Waals surface area (Å²) in [5, 5.41) is 13.8. The number of phosphoric ester groups is 1. The molecular formula is C57H104N2O6P+. The van der Waals surface area contributed by atoms with Crippen LogP contribution >= 0.6 is 7.82 Å². The van der Waals surface area contributed by atoms with E-state index in [1.165, 1.54) is 128 Å². The van der Waals surface area contributed by atoms with Gasteiger partial charge < -0.3 is 19.8 Å². The Morgan fingerprint density at radius 1 is 0.545 bits per heavy atom. The van der Waals surface area contributed by atoms with Gasteiger partial charge in [-0.15, -0.1) is 0 Å². The summed E-state index contributed by atoms with van der Waals surface area (Å²) in [6, 6.07) is -0.869. The van der Waals surface area contributed by atoms with E-state index in [2.05, 4.69) is 85.2 Å². The summed E-state index contributed by atoms with van der Waals surface area (Å²) < 4.78 is 23.5. The largest absolute Gasteiger partial charge is 0.472 e. The number of phosphoric acid groups is 1. The Labute approximate surface area is 407 Å². The molecule has 0 heterocycles. The van der Waals surface area contributed by atoms with Gasteiger partial charge in [-0.25, -0.2) is 4.57 Å². The molecule has 3 N–H and O–H groups in total. The number of hydrogen-bond acceptors (Lipinski definition) is 5. The normalized spacial score (nSPS) is 14.7. The van der Waals surface area contributed by atoms with Crippen molar-refractivity contribution in [2.75, 3.05) is 40.9 Å². The molecular weight excluding hydrogens is 840 g/mol. The van der Waals surface area contributed by atoms with Gasteiger partial charge in [-0.3, -0.25) is 13.8 Å². The van der Waals surface area contributed by atoms with Gasteiger partial charge in [0.2, 0.25) is 5.91 Å². The van der Waals surface area contributed by atoms with Crippen molar-refractivity contribution in [3.05, 3.63) is 85.1 Å². The Kier molecular flexibility index (Phi) is 46.1. The van der Waals surface area contributed by atoms with Crippen molar-refractivity contribution in [3.63, 3.8) is 0 Å². The third kappa shape index (κ3) is 49.6. The van der Waals surface area contributed by atoms with Gasteiger partial charge in [-0.1, -0.05) is 220 Å². The van der Waals surface area contributed by atoms with Crippen molar-refractivity contribution in [1.29, 1.82) is 0 Å². The standard InChI is InChI=1S/C57H103N2O6P/c1-6-8-10-12-14-16-17-18-19-20-21-22-23-24-25-26-27-28-29-30-31-32-33-34-35-36-37-38-39-40-41-43-45-47-49-51-57(61)58-55(54-65-66(62,63)64-53-52-59(3,4)5)56(60)50-48-46-44-42-15-13-11-9-7-2/h7-10,14-16,18-19,21-22,42,48,50,55-56,60H,6,11-13,17,20,23-41,43-47,49,51-54H2,1-5H3,(H-,58,61,62,63)/p+1/b9-7+,10-8-,16-14-,19-18-,22-21-,42-15+,50-48+. The third-order valence-electron chi connectivity index (χ3n) is 11.7. The summed E-state index contributed by atoms with van der Waals surface area (Å²) in [6.45, 7) is 4.43. The Bertz CT molecular complexity index is 1350. The summed E-state index contributed by atoms with van der Waals surface area (Å²) in [6.07, 6.45) is 67.3. The van der Waals surface area contributed by atoms with E-state index in [1.807, 2.05) is 34.1 Å². The molecule has 0 radical (unpaired) electrons. The number of nitrogens with one attached hydrogen (secondary N) is 1. The van der Waals surface area contributed by atoms with Crippen LogP contribution in [0.3, 0.4) is 0 Å². The smallest absolute Gasteiger partial charge is 0.387 e. The van der Waals surface area contributed by atoms with Gasteiger partial charge in [0, 0.05) is 6.42 Å². The topological polar surface area (TPSA) is 105 Å². The molecule has 0 fully saturated rings. The van der Waals surface area contributed by atoms with Crippen LogP contribution in [0.4, 0.5) is 0 Å². The van der Waals surface area contributed by atoms with E-state index < -0.39 is 20.0 Å². The molecule has 0 aromatic carbocycles. The van der Waals surface area contributed by atoms with Crippen LogP contribution in [0.1, 0.15) is 219 Å². The van der Waals surface area contributed by atoms with E-state index in [0.29, 0.717) is 17.4 Å². The van der Waals surface area contributed by atoms with Gasteiger partial charge in [0.05, 0.1) is 39.9 Å². The van der Waals surface area contributed by atoms with E-state index in [9.17, 15) is 19.4 Å². The summed E-state index contributed by atoms with van der Waals surface area (Å²) in [5.41, 5.74) is 0. The Morgan fingerprint density at radius 3 is 1.39 bits per heavy atom. The highest BCUT2D eigenvalue weighted by Gasteiger charge is 2.27. The first-order valence-electron chi connectivity index (χ1n) is 26.9. The van der Waals surface area contributed by atoms with E-state index in [-0.39, 0.29) is 19.1 Å². The highest BCUT2D eigenvalue weighted by molar-refractivity contribution is 7.47. The van der Waals surface area contributed by atoms with Gasteiger partial charge in [0.25, 0.3) is 0 Å². The minimum atomic E-state index is -4.35. The van der Waals surface area contributed by atoms with Gasteiger partial charge in [-0.2, -0.15) is 0 Å². The molecule has 1 amide bonds. The second kappa shape index (κ2) is 47.7. The average molecular weight is 944 g/mol. The Hall–Kier alpha value is -2.32. The highest BCUT2D eigenvalue weighted by Crippen LogP contribution is 2.43. The van der Waals surface area contributed by atoms with E-state index in [4.69, 9.17) is 9.05 Å². The first-order valence-corrected chi connectivity index (χ1v) is 28.4. The van der Waals surface area contributed by atoms with Crippen LogP contribution in [0.25, 0.3) is 0 Å². The molecule has 0 aliphatic heterocycles. The number of nitrogens with zero attached hydrogens (tertiary/aromatic N) is 1. The maximum Gasteiger partial charge on any atom is 0.472 e. The minimum Gasteiger partial charge on any atom is -0.387 e. The summed E-state index contributed by atoms with van der Waals surface area (Å²) >= 11 is 0. The van der Waals surface area contributed by atoms with Gasteiger partial charge >= 0.3 is 7.82 Å². The van der Waals surface area contributed by atoms with Crippen LogP contribution in [0.2, 0.25) is 0 Å². The molecule has 0 bridgehead atoms. The van der Waals surface area contributed by atoms with Crippen molar-refractivity contribution in [2.45, 2.75) is 231 Å². The number of aliphatic hydroxyl groups is 1. The molecule has 66 heavy (non-hydrogen) atoms. The lowest BCUT2D eigenvalue weighted by molar-refractivity contribution is -0.870. The number of allylic oxidation sites excluding steroid dienone is 13. The zero-order valence-corrected chi connectivity index (χ0v) is 44.3. The first kappa shape index (κ1) is 63.7. The summed E-state index contributed by atoms with van der Waals surface area (Å²) in [7, 11) is 1.54. The maximum absolute atomic E-state index is 12.9. The van der Waals surface area contributed by atoms with E-state index >= 15 is 0 Å². The monoisotopic (exact) mass is 944 g/mol. The first-order chi connectivity index (χ1) is 32.0. The summed E-state index contributed by atoms with van der Waals surface area (Å²) in [5.74, 6) is -0.194. The Morgan fingerprint density at radius 2 is 0.939 bits per heavy atom. The van der Waals surface area contributed by atoms with Crippen LogP contribution in [-0.4, -0.2) is 73.4 Å². The lowest BCUT2D eigenvalue weighted by atomic mass is 10.0. The van der Waals surface area contributed by atoms with E-state index in [1.54, 1.807) is 6.08 Å². The predicted octanol–water partition coefficient (Wildman–Crippen LogP) is 16.1. The number of unbranched alkanes of at least 4 members (excludes halogenated alkanes) is 24. The highest BCUT2D eigenvalue weighted by atomic mass is 31.2. The molecule has 3 unspecified atom stereocenters. The number of likely N-dealkylation sites (N-methyl/N-ethyl adjacent to an activating group) is 1. The SMILES string of the molecule is C/C=C/CC/C=C/CC/C=C/C(O)C(COP(=O)(O)OCC[N+](C)(C)C)NC(=O)CCCCCCCCCCCCCCCCCCCCCCCC/C=C\C/C=C\C/C=C\C/C=C\CC. The lowest BCUT2D eigenvalue weighted by Gasteiger charge is -2.25. The molecule has 382 valence electrons. The molecule has 0 aromatic rings. The fourth-order valence-electron chi connectivity index (χ4n) is 7.48. The number of carbonyl (C=O) groups excluding carboxylic acids is 1. The molecule has 0 saturated carbocycles. The van der Waals surface area contributed by atoms with Crippen LogP contribution in [-0.2, 0) is 18.4 Å². The molecule has 0 rings (SSSR count). The lowest BCUT2D eigenvalue weighted by Crippen LogP contribution is -2.45. The zero-order valence-electron chi connectivity index (χ0n) is 43.4. The molecule has 0 aromatic heterocycles. The average Bonchev–Trinajstić information content (AvgIpc) is 3.28. The predicted molar refractivity (Wildman–Crippen MR) is 286 cm³/mol. The molecule has 0 aliphatic rings. The Balaban J connectivity index is 3.91. The van der Waals surface area contributed by atoms with Crippen molar-refractivity contribution in [2.24, 2.45) is 0 Å². The van der Waals surface area contributed by atoms with Crippen LogP contribution in [0.5, 0.6) is 0 Å². The maximum atomic E-state index is 12.9. The van der Waals surface area contributed by atoms with Crippen molar-refractivity contribution in [1.82, 2.24) is 5.32 Å². The van der Waals surface area contributed by atoms with Crippen molar-refractivity contribution >= 4 is 13.7 Å². The second-order valence-corrected chi connectivity index (χ2v) is 20.7. The van der Waals surface area contributed by atoms with Crippen molar-refractivity contribution < 1.29 is 32.9 Å². The molecule has 0 aliphatic carbocycles. The van der Waals surface area contributed by atoms with Crippen molar-refractivity contribution in [3.8, 4) is 0 Å². The zero-order chi connectivity index (χ0) is 48.5. The molecule has 0 spiro atoms. The quantitative estimate of drug-likeness (QED) is 0.0243. The summed E-state index contributed by atoms with van der Waals surface area (Å²) in [4.78, 5) is 23.1. The fraction of sp³-hybridized carbons (Fsp3) is 0.737. The van der Waals surface area contributed by atoms with Crippen LogP contribution < -0.4 is 5.32 Å². The second-order valence-electron chi connectivity index (χ2n) is 19.2. The number of hydrogen-bond donors (Lipinski definition) is 3. The van der Waals surface area contributed by atoms with E-state index in [0.717, 1.165) is 70.6 Å². The number of quaternary nitrogens is 1. The minimum absolute atomic E-state index is 0.0515. The molecule has 3 atom stereocenters. The number of aliphatic hydroxyl groups excluding tert-OH is 1.